The van der Waals surface area contributed by atoms with Crippen LogP contribution in [0, 0.1) is 22.7 Å². The summed E-state index contributed by atoms with van der Waals surface area (Å²) in [7, 11) is 1.09. The van der Waals surface area contributed by atoms with Crippen LogP contribution in [0.1, 0.15) is 30.4 Å². The molecule has 120 valence electrons. The number of rotatable bonds is 4. The number of carbonyl (C=O) groups excluding carboxylic acids is 2. The van der Waals surface area contributed by atoms with Gasteiger partial charge in [0.1, 0.15) is 0 Å². The molecule has 2 rings (SSSR count). The summed E-state index contributed by atoms with van der Waals surface area (Å²) in [5.41, 5.74) is -0.754. The minimum absolute atomic E-state index is 0.0300. The molecule has 1 aliphatic carbocycles. The number of Topliss-reactive ketones (excluding diaryl/α,β-unsaturated/α-hetero) is 1. The highest BCUT2D eigenvalue weighted by Gasteiger charge is 2.57. The van der Waals surface area contributed by atoms with Gasteiger partial charge in [0.15, 0.2) is 5.78 Å². The predicted octanol–water partition coefficient (Wildman–Crippen LogP) is 1.71. The van der Waals surface area contributed by atoms with Crippen LogP contribution in [0.3, 0.4) is 0 Å². The number of nitriles is 1. The standard InChI is InChI=1S/C17H17NO5/c1-23-16(22)17(15(20)21)8-2-3-13(14(17)19)9-11-4-6-12(10-18)7-5-11/h4-7,13H,2-3,8-9H2,1H3,(H,20,21). The Labute approximate surface area is 133 Å². The lowest BCUT2D eigenvalue weighted by atomic mass is 9.67. The van der Waals surface area contributed by atoms with Gasteiger partial charge in [0.05, 0.1) is 18.7 Å². The molecule has 2 atom stereocenters. The van der Waals surface area contributed by atoms with Gasteiger partial charge in [0.2, 0.25) is 5.41 Å². The molecule has 6 heteroatoms. The minimum Gasteiger partial charge on any atom is -0.480 e. The number of benzene rings is 1. The Morgan fingerprint density at radius 1 is 1.39 bits per heavy atom. The van der Waals surface area contributed by atoms with Crippen molar-refractivity contribution >= 4 is 17.7 Å². The van der Waals surface area contributed by atoms with E-state index in [-0.39, 0.29) is 6.42 Å². The molecule has 0 bridgehead atoms. The van der Waals surface area contributed by atoms with Crippen molar-refractivity contribution in [3.05, 3.63) is 35.4 Å². The molecule has 2 unspecified atom stereocenters. The van der Waals surface area contributed by atoms with E-state index < -0.39 is 29.1 Å². The van der Waals surface area contributed by atoms with E-state index in [1.165, 1.54) is 0 Å². The van der Waals surface area contributed by atoms with Crippen LogP contribution >= 0.6 is 0 Å². The minimum atomic E-state index is -2.09. The lowest BCUT2D eigenvalue weighted by molar-refractivity contribution is -0.174. The third-order valence-electron chi connectivity index (χ3n) is 4.36. The topological polar surface area (TPSA) is 104 Å². The zero-order chi connectivity index (χ0) is 17.0. The number of carboxylic acid groups (broad SMARTS) is 1. The first-order valence-electron chi connectivity index (χ1n) is 7.31. The fraction of sp³-hybridized carbons (Fsp3) is 0.412. The summed E-state index contributed by atoms with van der Waals surface area (Å²) < 4.78 is 4.58. The van der Waals surface area contributed by atoms with Crippen LogP contribution in [0.25, 0.3) is 0 Å². The van der Waals surface area contributed by atoms with Crippen molar-refractivity contribution < 1.29 is 24.2 Å². The largest absolute Gasteiger partial charge is 0.480 e. The van der Waals surface area contributed by atoms with Crippen LogP contribution in [-0.4, -0.2) is 29.9 Å². The van der Waals surface area contributed by atoms with E-state index >= 15 is 0 Å². The smallest absolute Gasteiger partial charge is 0.330 e. The molecule has 1 aromatic carbocycles. The van der Waals surface area contributed by atoms with Crippen LogP contribution in [0.4, 0.5) is 0 Å². The zero-order valence-corrected chi connectivity index (χ0v) is 12.7. The van der Waals surface area contributed by atoms with Gasteiger partial charge in [-0.25, -0.2) is 0 Å². The Bertz CT molecular complexity index is 673. The van der Waals surface area contributed by atoms with E-state index in [2.05, 4.69) is 4.74 Å². The number of ketones is 1. The number of hydrogen-bond donors (Lipinski definition) is 1. The summed E-state index contributed by atoms with van der Waals surface area (Å²) in [4.78, 5) is 36.3. The van der Waals surface area contributed by atoms with Crippen molar-refractivity contribution in [2.75, 3.05) is 7.11 Å². The number of carboxylic acids is 1. The fourth-order valence-electron chi connectivity index (χ4n) is 3.09. The van der Waals surface area contributed by atoms with E-state index in [1.807, 2.05) is 6.07 Å². The van der Waals surface area contributed by atoms with Crippen LogP contribution in [0.2, 0.25) is 0 Å². The molecule has 1 fully saturated rings. The highest BCUT2D eigenvalue weighted by atomic mass is 16.5. The van der Waals surface area contributed by atoms with Crippen molar-refractivity contribution in [3.63, 3.8) is 0 Å². The molecule has 1 saturated carbocycles. The molecule has 0 heterocycles. The first kappa shape index (κ1) is 16.7. The molecule has 0 radical (unpaired) electrons. The van der Waals surface area contributed by atoms with Crippen LogP contribution < -0.4 is 0 Å². The van der Waals surface area contributed by atoms with Gasteiger partial charge in [-0.3, -0.25) is 14.4 Å². The molecule has 0 aromatic heterocycles. The molecule has 0 spiro atoms. The zero-order valence-electron chi connectivity index (χ0n) is 12.7. The van der Waals surface area contributed by atoms with Gasteiger partial charge in [-0.05, 0) is 37.0 Å². The third-order valence-corrected chi connectivity index (χ3v) is 4.36. The van der Waals surface area contributed by atoms with E-state index in [4.69, 9.17) is 5.26 Å². The van der Waals surface area contributed by atoms with Crippen LogP contribution in [0.5, 0.6) is 0 Å². The maximum absolute atomic E-state index is 12.7. The van der Waals surface area contributed by atoms with Crippen molar-refractivity contribution in [2.24, 2.45) is 11.3 Å². The number of ether oxygens (including phenoxy) is 1. The number of esters is 1. The third kappa shape index (κ3) is 2.95. The maximum atomic E-state index is 12.7. The summed E-state index contributed by atoms with van der Waals surface area (Å²) in [5.74, 6) is -3.59. The van der Waals surface area contributed by atoms with Crippen LogP contribution in [-0.2, 0) is 25.5 Å². The predicted molar refractivity (Wildman–Crippen MR) is 79.3 cm³/mol. The lowest BCUT2D eigenvalue weighted by Crippen LogP contribution is -2.52. The van der Waals surface area contributed by atoms with E-state index in [9.17, 15) is 19.5 Å². The van der Waals surface area contributed by atoms with E-state index in [0.29, 0.717) is 24.8 Å². The maximum Gasteiger partial charge on any atom is 0.330 e. The molecule has 23 heavy (non-hydrogen) atoms. The second kappa shape index (κ2) is 6.61. The number of nitrogens with zero attached hydrogens (tertiary/aromatic N) is 1. The molecule has 1 aliphatic rings. The number of methoxy groups -OCH3 is 1. The molecule has 1 N–H and O–H groups in total. The van der Waals surface area contributed by atoms with Gasteiger partial charge in [-0.15, -0.1) is 0 Å². The Morgan fingerprint density at radius 3 is 2.57 bits per heavy atom. The molecule has 0 saturated heterocycles. The van der Waals surface area contributed by atoms with Crippen molar-refractivity contribution in [2.45, 2.75) is 25.7 Å². The summed E-state index contributed by atoms with van der Waals surface area (Å²) >= 11 is 0. The molecule has 6 nitrogen and oxygen atoms in total. The molecule has 0 amide bonds. The number of hydrogen-bond acceptors (Lipinski definition) is 5. The first-order chi connectivity index (χ1) is 11.0. The Balaban J connectivity index is 2.26. The van der Waals surface area contributed by atoms with Crippen molar-refractivity contribution in [3.8, 4) is 6.07 Å². The monoisotopic (exact) mass is 315 g/mol. The lowest BCUT2D eigenvalue weighted by Gasteiger charge is -2.33. The first-order valence-corrected chi connectivity index (χ1v) is 7.31. The summed E-state index contributed by atoms with van der Waals surface area (Å²) in [6, 6.07) is 8.78. The van der Waals surface area contributed by atoms with Crippen molar-refractivity contribution in [1.82, 2.24) is 0 Å². The van der Waals surface area contributed by atoms with E-state index in [0.717, 1.165) is 12.7 Å². The Morgan fingerprint density at radius 2 is 2.04 bits per heavy atom. The summed E-state index contributed by atoms with van der Waals surface area (Å²) in [5, 5.41) is 18.2. The highest BCUT2D eigenvalue weighted by molar-refractivity contribution is 6.20. The fourth-order valence-corrected chi connectivity index (χ4v) is 3.09. The van der Waals surface area contributed by atoms with Crippen LogP contribution in [0.15, 0.2) is 24.3 Å². The van der Waals surface area contributed by atoms with E-state index in [1.54, 1.807) is 24.3 Å². The summed E-state index contributed by atoms with van der Waals surface area (Å²) in [6.07, 6.45) is 1.31. The van der Waals surface area contributed by atoms with Gasteiger partial charge in [0.25, 0.3) is 0 Å². The molecule has 1 aromatic rings. The average Bonchev–Trinajstić information content (AvgIpc) is 2.56. The van der Waals surface area contributed by atoms with Gasteiger partial charge in [-0.2, -0.15) is 5.26 Å². The average molecular weight is 315 g/mol. The van der Waals surface area contributed by atoms with Gasteiger partial charge in [0, 0.05) is 5.92 Å². The van der Waals surface area contributed by atoms with Gasteiger partial charge < -0.3 is 9.84 Å². The second-order valence-electron chi connectivity index (χ2n) is 5.67. The Hall–Kier alpha value is -2.68. The SMILES string of the molecule is COC(=O)C1(C(=O)O)CCCC(Cc2ccc(C#N)cc2)C1=O. The number of carbonyl (C=O) groups is 3. The van der Waals surface area contributed by atoms with Crippen molar-refractivity contribution in [1.29, 1.82) is 5.26 Å². The molecular weight excluding hydrogens is 298 g/mol. The quantitative estimate of drug-likeness (QED) is 0.670. The number of aliphatic carboxylic acids is 1. The van der Waals surface area contributed by atoms with Gasteiger partial charge >= 0.3 is 11.9 Å². The normalized spacial score (nSPS) is 23.8. The Kier molecular flexibility index (Phi) is 4.80. The highest BCUT2D eigenvalue weighted by Crippen LogP contribution is 2.39. The van der Waals surface area contributed by atoms with Gasteiger partial charge in [-0.1, -0.05) is 18.6 Å². The summed E-state index contributed by atoms with van der Waals surface area (Å²) in [6.45, 7) is 0. The molecule has 0 aliphatic heterocycles. The second-order valence-corrected chi connectivity index (χ2v) is 5.67. The molecular formula is C17H17NO5.